The predicted octanol–water partition coefficient (Wildman–Crippen LogP) is 1.32. The summed E-state index contributed by atoms with van der Waals surface area (Å²) in [6.45, 7) is 1.63. The van der Waals surface area contributed by atoms with Crippen LogP contribution in [0.3, 0.4) is 0 Å². The number of hydrogen-bond donors (Lipinski definition) is 2. The fourth-order valence-corrected chi connectivity index (χ4v) is 1.80. The first kappa shape index (κ1) is 13.8. The second-order valence-electron chi connectivity index (χ2n) is 4.30. The summed E-state index contributed by atoms with van der Waals surface area (Å²) in [5, 5.41) is 15.7. The van der Waals surface area contributed by atoms with Gasteiger partial charge in [0.2, 0.25) is 0 Å². The number of benzene rings is 1. The molecule has 0 bridgehead atoms. The van der Waals surface area contributed by atoms with Gasteiger partial charge in [-0.25, -0.2) is 0 Å². The zero-order chi connectivity index (χ0) is 14.5. The molecule has 0 fully saturated rings. The molecule has 0 radical (unpaired) electrons. The topological polar surface area (TPSA) is 67.2 Å². The molecule has 1 aromatic heterocycles. The molecule has 0 unspecified atom stereocenters. The van der Waals surface area contributed by atoms with Crippen LogP contribution in [0.4, 0.5) is 5.69 Å². The standard InChI is InChI=1S/C15H15N3O2/c1-11-14(10-18(2)17-11)16-15(20)13-7-3-5-12(9-13)6-4-8-19/h3,5,7,9-10,19H,8H2,1-2H3,(H,16,20). The summed E-state index contributed by atoms with van der Waals surface area (Å²) < 4.78 is 1.65. The third-order valence-corrected chi connectivity index (χ3v) is 2.70. The average molecular weight is 269 g/mol. The van der Waals surface area contributed by atoms with E-state index in [-0.39, 0.29) is 12.5 Å². The Morgan fingerprint density at radius 1 is 1.50 bits per heavy atom. The summed E-state index contributed by atoms with van der Waals surface area (Å²) in [4.78, 5) is 12.2. The Bertz CT molecular complexity index is 693. The number of amides is 1. The average Bonchev–Trinajstić information content (AvgIpc) is 2.75. The number of nitrogens with zero attached hydrogens (tertiary/aromatic N) is 2. The molecule has 1 aromatic carbocycles. The lowest BCUT2D eigenvalue weighted by atomic mass is 10.1. The van der Waals surface area contributed by atoms with Crippen molar-refractivity contribution in [1.82, 2.24) is 9.78 Å². The Morgan fingerprint density at radius 2 is 2.30 bits per heavy atom. The predicted molar refractivity (Wildman–Crippen MR) is 76.3 cm³/mol. The number of aromatic nitrogens is 2. The van der Waals surface area contributed by atoms with Gasteiger partial charge in [-0.2, -0.15) is 5.10 Å². The second kappa shape index (κ2) is 6.04. The normalized spacial score (nSPS) is 9.75. The minimum absolute atomic E-state index is 0.203. The van der Waals surface area contributed by atoms with Gasteiger partial charge in [0, 0.05) is 24.4 Å². The van der Waals surface area contributed by atoms with Crippen molar-refractivity contribution in [3.8, 4) is 11.8 Å². The van der Waals surface area contributed by atoms with Crippen LogP contribution in [-0.2, 0) is 7.05 Å². The Labute approximate surface area is 117 Å². The van der Waals surface area contributed by atoms with Crippen LogP contribution in [-0.4, -0.2) is 27.4 Å². The first-order chi connectivity index (χ1) is 9.60. The van der Waals surface area contributed by atoms with Crippen LogP contribution in [0.25, 0.3) is 0 Å². The Morgan fingerprint density at radius 3 is 2.95 bits per heavy atom. The number of aliphatic hydroxyl groups is 1. The van der Waals surface area contributed by atoms with E-state index in [1.807, 2.05) is 6.92 Å². The minimum atomic E-state index is -0.214. The van der Waals surface area contributed by atoms with E-state index in [4.69, 9.17) is 5.11 Å². The fourth-order valence-electron chi connectivity index (χ4n) is 1.80. The molecule has 102 valence electrons. The molecule has 0 aliphatic rings. The van der Waals surface area contributed by atoms with Crippen molar-refractivity contribution in [1.29, 1.82) is 0 Å². The zero-order valence-electron chi connectivity index (χ0n) is 11.3. The van der Waals surface area contributed by atoms with Gasteiger partial charge in [0.15, 0.2) is 0 Å². The summed E-state index contributed by atoms with van der Waals surface area (Å²) in [7, 11) is 1.80. The molecule has 1 amide bonds. The van der Waals surface area contributed by atoms with E-state index in [0.717, 1.165) is 5.69 Å². The first-order valence-corrected chi connectivity index (χ1v) is 6.11. The highest BCUT2D eigenvalue weighted by molar-refractivity contribution is 6.04. The van der Waals surface area contributed by atoms with E-state index in [9.17, 15) is 4.79 Å². The van der Waals surface area contributed by atoms with Gasteiger partial charge in [0.25, 0.3) is 5.91 Å². The molecule has 0 saturated heterocycles. The Balaban J connectivity index is 2.19. The number of carbonyl (C=O) groups excluding carboxylic acids is 1. The van der Waals surface area contributed by atoms with Crippen LogP contribution in [0.15, 0.2) is 30.5 Å². The molecule has 1 heterocycles. The number of rotatable bonds is 2. The smallest absolute Gasteiger partial charge is 0.255 e. The molecule has 0 saturated carbocycles. The van der Waals surface area contributed by atoms with Gasteiger partial charge in [-0.3, -0.25) is 9.48 Å². The van der Waals surface area contributed by atoms with Crippen molar-refractivity contribution in [2.24, 2.45) is 7.05 Å². The molecule has 2 aromatic rings. The SMILES string of the molecule is Cc1nn(C)cc1NC(=O)c1cccc(C#CCO)c1. The quantitative estimate of drug-likeness (QED) is 0.808. The first-order valence-electron chi connectivity index (χ1n) is 6.11. The zero-order valence-corrected chi connectivity index (χ0v) is 11.3. The molecule has 5 nitrogen and oxygen atoms in total. The van der Waals surface area contributed by atoms with Gasteiger partial charge in [-0.1, -0.05) is 17.9 Å². The Kier molecular flexibility index (Phi) is 4.18. The summed E-state index contributed by atoms with van der Waals surface area (Å²) >= 11 is 0. The lowest BCUT2D eigenvalue weighted by Crippen LogP contribution is -2.12. The summed E-state index contributed by atoms with van der Waals surface area (Å²) in [5.41, 5.74) is 2.65. The number of aliphatic hydroxyl groups excluding tert-OH is 1. The van der Waals surface area contributed by atoms with E-state index in [1.54, 1.807) is 42.2 Å². The monoisotopic (exact) mass is 269 g/mol. The van der Waals surface area contributed by atoms with Crippen LogP contribution in [0.1, 0.15) is 21.6 Å². The lowest BCUT2D eigenvalue weighted by molar-refractivity contribution is 0.102. The number of hydrogen-bond acceptors (Lipinski definition) is 3. The maximum absolute atomic E-state index is 12.2. The minimum Gasteiger partial charge on any atom is -0.384 e. The highest BCUT2D eigenvalue weighted by atomic mass is 16.2. The van der Waals surface area contributed by atoms with Crippen molar-refractivity contribution in [2.45, 2.75) is 6.92 Å². The van der Waals surface area contributed by atoms with Gasteiger partial charge in [0.05, 0.1) is 11.4 Å². The van der Waals surface area contributed by atoms with Gasteiger partial charge in [-0.05, 0) is 25.1 Å². The third-order valence-electron chi connectivity index (χ3n) is 2.70. The summed E-state index contributed by atoms with van der Waals surface area (Å²) in [6.07, 6.45) is 1.75. The fraction of sp³-hybridized carbons (Fsp3) is 0.200. The van der Waals surface area contributed by atoms with E-state index in [2.05, 4.69) is 22.3 Å². The van der Waals surface area contributed by atoms with Crippen molar-refractivity contribution < 1.29 is 9.90 Å². The Hall–Kier alpha value is -2.58. The van der Waals surface area contributed by atoms with Crippen molar-refractivity contribution in [3.05, 3.63) is 47.3 Å². The van der Waals surface area contributed by atoms with Gasteiger partial charge in [-0.15, -0.1) is 0 Å². The van der Waals surface area contributed by atoms with Crippen LogP contribution >= 0.6 is 0 Å². The molecular formula is C15H15N3O2. The van der Waals surface area contributed by atoms with Crippen LogP contribution in [0, 0.1) is 18.8 Å². The van der Waals surface area contributed by atoms with Gasteiger partial charge in [0.1, 0.15) is 6.61 Å². The second-order valence-corrected chi connectivity index (χ2v) is 4.30. The molecular weight excluding hydrogens is 254 g/mol. The number of aryl methyl sites for hydroxylation is 2. The lowest BCUT2D eigenvalue weighted by Gasteiger charge is -2.04. The maximum atomic E-state index is 12.2. The molecule has 0 spiro atoms. The highest BCUT2D eigenvalue weighted by Gasteiger charge is 2.10. The summed E-state index contributed by atoms with van der Waals surface area (Å²) in [5.74, 6) is 5.11. The molecule has 0 aliphatic heterocycles. The van der Waals surface area contributed by atoms with E-state index in [0.29, 0.717) is 16.8 Å². The van der Waals surface area contributed by atoms with E-state index in [1.165, 1.54) is 0 Å². The molecule has 2 N–H and O–H groups in total. The highest BCUT2D eigenvalue weighted by Crippen LogP contribution is 2.13. The molecule has 20 heavy (non-hydrogen) atoms. The number of carbonyl (C=O) groups is 1. The number of nitrogens with one attached hydrogen (secondary N) is 1. The molecule has 0 atom stereocenters. The van der Waals surface area contributed by atoms with E-state index < -0.39 is 0 Å². The molecule has 0 aliphatic carbocycles. The van der Waals surface area contributed by atoms with Crippen LogP contribution < -0.4 is 5.32 Å². The molecule has 2 rings (SSSR count). The van der Waals surface area contributed by atoms with Crippen molar-refractivity contribution in [3.63, 3.8) is 0 Å². The van der Waals surface area contributed by atoms with Gasteiger partial charge >= 0.3 is 0 Å². The number of anilines is 1. The van der Waals surface area contributed by atoms with Crippen molar-refractivity contribution in [2.75, 3.05) is 11.9 Å². The van der Waals surface area contributed by atoms with Crippen molar-refractivity contribution >= 4 is 11.6 Å². The molecule has 5 heteroatoms. The largest absolute Gasteiger partial charge is 0.384 e. The maximum Gasteiger partial charge on any atom is 0.255 e. The summed E-state index contributed by atoms with van der Waals surface area (Å²) in [6, 6.07) is 6.94. The third kappa shape index (κ3) is 3.25. The van der Waals surface area contributed by atoms with Crippen LogP contribution in [0.2, 0.25) is 0 Å². The van der Waals surface area contributed by atoms with Crippen LogP contribution in [0.5, 0.6) is 0 Å². The van der Waals surface area contributed by atoms with Gasteiger partial charge < -0.3 is 10.4 Å². The van der Waals surface area contributed by atoms with E-state index >= 15 is 0 Å².